The highest BCUT2D eigenvalue weighted by Gasteiger charge is 2.22. The number of hydrogen-bond donors (Lipinski definition) is 3. The van der Waals surface area contributed by atoms with Crippen LogP contribution in [-0.2, 0) is 22.6 Å². The van der Waals surface area contributed by atoms with E-state index in [2.05, 4.69) is 22.9 Å². The SMILES string of the molecule is CCc1ccc(CNC(=O)c2ccccc2NC(=O)C(=O)NC2CCCC2)cc1. The zero-order valence-corrected chi connectivity index (χ0v) is 16.7. The first kappa shape index (κ1) is 20.6. The number of nitrogens with one attached hydrogen (secondary N) is 3. The minimum absolute atomic E-state index is 0.0610. The molecule has 6 nitrogen and oxygen atoms in total. The van der Waals surface area contributed by atoms with E-state index >= 15 is 0 Å². The minimum atomic E-state index is -0.757. The van der Waals surface area contributed by atoms with Crippen molar-refractivity contribution in [2.24, 2.45) is 0 Å². The fourth-order valence-electron chi connectivity index (χ4n) is 3.46. The monoisotopic (exact) mass is 393 g/mol. The highest BCUT2D eigenvalue weighted by Crippen LogP contribution is 2.18. The van der Waals surface area contributed by atoms with E-state index in [1.807, 2.05) is 24.3 Å². The van der Waals surface area contributed by atoms with Gasteiger partial charge in [-0.1, -0.05) is 56.2 Å². The Labute approximate surface area is 171 Å². The summed E-state index contributed by atoms with van der Waals surface area (Å²) in [6.07, 6.45) is 4.90. The molecule has 3 rings (SSSR count). The van der Waals surface area contributed by atoms with Crippen molar-refractivity contribution in [2.45, 2.75) is 51.6 Å². The molecule has 2 aromatic rings. The Bertz CT molecular complexity index is 871. The Morgan fingerprint density at radius 1 is 0.897 bits per heavy atom. The first-order chi connectivity index (χ1) is 14.1. The lowest BCUT2D eigenvalue weighted by Gasteiger charge is -2.14. The van der Waals surface area contributed by atoms with E-state index in [1.54, 1.807) is 24.3 Å². The molecule has 0 aromatic heterocycles. The lowest BCUT2D eigenvalue weighted by atomic mass is 10.1. The third-order valence-corrected chi connectivity index (χ3v) is 5.20. The molecule has 0 bridgehead atoms. The number of amides is 3. The fourth-order valence-corrected chi connectivity index (χ4v) is 3.46. The summed E-state index contributed by atoms with van der Waals surface area (Å²) in [6.45, 7) is 2.48. The molecule has 6 heteroatoms. The molecule has 1 aliphatic rings. The molecule has 1 aliphatic carbocycles. The molecule has 0 radical (unpaired) electrons. The molecule has 0 spiro atoms. The van der Waals surface area contributed by atoms with Gasteiger partial charge in [-0.05, 0) is 42.5 Å². The van der Waals surface area contributed by atoms with E-state index in [-0.39, 0.29) is 11.9 Å². The normalized spacial score (nSPS) is 13.7. The average Bonchev–Trinajstić information content (AvgIpc) is 3.25. The molecule has 1 saturated carbocycles. The van der Waals surface area contributed by atoms with Crippen LogP contribution in [0.1, 0.15) is 54.1 Å². The van der Waals surface area contributed by atoms with Crippen LogP contribution >= 0.6 is 0 Å². The number of hydrogen-bond acceptors (Lipinski definition) is 3. The van der Waals surface area contributed by atoms with Gasteiger partial charge in [-0.2, -0.15) is 0 Å². The third kappa shape index (κ3) is 5.67. The van der Waals surface area contributed by atoms with Crippen molar-refractivity contribution >= 4 is 23.4 Å². The number of rotatable bonds is 6. The highest BCUT2D eigenvalue weighted by atomic mass is 16.2. The maximum Gasteiger partial charge on any atom is 0.313 e. The number of para-hydroxylation sites is 1. The van der Waals surface area contributed by atoms with Crippen LogP contribution in [0.5, 0.6) is 0 Å². The fraction of sp³-hybridized carbons (Fsp3) is 0.348. The number of carbonyl (C=O) groups is 3. The summed E-state index contributed by atoms with van der Waals surface area (Å²) in [4.78, 5) is 37.0. The Hall–Kier alpha value is -3.15. The Kier molecular flexibility index (Phi) is 7.00. The van der Waals surface area contributed by atoms with Gasteiger partial charge in [-0.3, -0.25) is 14.4 Å². The summed E-state index contributed by atoms with van der Waals surface area (Å²) >= 11 is 0. The number of carbonyl (C=O) groups excluding carboxylic acids is 3. The number of benzene rings is 2. The largest absolute Gasteiger partial charge is 0.348 e. The molecule has 152 valence electrons. The van der Waals surface area contributed by atoms with Crippen molar-refractivity contribution in [3.8, 4) is 0 Å². The number of anilines is 1. The molecule has 3 amide bonds. The van der Waals surface area contributed by atoms with Gasteiger partial charge in [0.05, 0.1) is 11.3 Å². The van der Waals surface area contributed by atoms with Gasteiger partial charge in [-0.25, -0.2) is 0 Å². The van der Waals surface area contributed by atoms with Crippen molar-refractivity contribution in [3.63, 3.8) is 0 Å². The quantitative estimate of drug-likeness (QED) is 0.659. The molecule has 29 heavy (non-hydrogen) atoms. The van der Waals surface area contributed by atoms with Crippen LogP contribution < -0.4 is 16.0 Å². The van der Waals surface area contributed by atoms with E-state index in [4.69, 9.17) is 0 Å². The molecule has 0 saturated heterocycles. The van der Waals surface area contributed by atoms with Crippen molar-refractivity contribution in [1.82, 2.24) is 10.6 Å². The second-order valence-corrected chi connectivity index (χ2v) is 7.31. The van der Waals surface area contributed by atoms with Gasteiger partial charge in [0.25, 0.3) is 5.91 Å². The molecule has 0 unspecified atom stereocenters. The summed E-state index contributed by atoms with van der Waals surface area (Å²) in [5.41, 5.74) is 2.87. The second kappa shape index (κ2) is 9.87. The van der Waals surface area contributed by atoms with Crippen LogP contribution in [0.2, 0.25) is 0 Å². The zero-order chi connectivity index (χ0) is 20.6. The van der Waals surface area contributed by atoms with Crippen LogP contribution in [-0.4, -0.2) is 23.8 Å². The van der Waals surface area contributed by atoms with Gasteiger partial charge >= 0.3 is 11.8 Å². The van der Waals surface area contributed by atoms with Crippen LogP contribution in [0, 0.1) is 0 Å². The van der Waals surface area contributed by atoms with E-state index in [1.165, 1.54) is 5.56 Å². The predicted octanol–water partition coefficient (Wildman–Crippen LogP) is 3.18. The molecule has 0 heterocycles. The van der Waals surface area contributed by atoms with Crippen molar-refractivity contribution < 1.29 is 14.4 Å². The smallest absolute Gasteiger partial charge is 0.313 e. The predicted molar refractivity (Wildman–Crippen MR) is 112 cm³/mol. The summed E-state index contributed by atoms with van der Waals surface area (Å²) in [5.74, 6) is -1.73. The van der Waals surface area contributed by atoms with Crippen molar-refractivity contribution in [2.75, 3.05) is 5.32 Å². The lowest BCUT2D eigenvalue weighted by molar-refractivity contribution is -0.136. The van der Waals surface area contributed by atoms with Gasteiger partial charge in [0, 0.05) is 12.6 Å². The Morgan fingerprint density at radius 3 is 2.24 bits per heavy atom. The molecule has 0 aliphatic heterocycles. The first-order valence-electron chi connectivity index (χ1n) is 10.1. The van der Waals surface area contributed by atoms with Crippen LogP contribution in [0.25, 0.3) is 0 Å². The molecule has 0 atom stereocenters. The van der Waals surface area contributed by atoms with Gasteiger partial charge < -0.3 is 16.0 Å². The highest BCUT2D eigenvalue weighted by molar-refractivity contribution is 6.40. The average molecular weight is 393 g/mol. The first-order valence-corrected chi connectivity index (χ1v) is 10.1. The molecule has 3 N–H and O–H groups in total. The van der Waals surface area contributed by atoms with E-state index in [0.29, 0.717) is 17.8 Å². The van der Waals surface area contributed by atoms with Crippen LogP contribution in [0.15, 0.2) is 48.5 Å². The molecular formula is C23H27N3O3. The number of aryl methyl sites for hydroxylation is 1. The van der Waals surface area contributed by atoms with E-state index in [9.17, 15) is 14.4 Å². The summed E-state index contributed by atoms with van der Waals surface area (Å²) in [6, 6.07) is 14.8. The summed E-state index contributed by atoms with van der Waals surface area (Å²) in [7, 11) is 0. The third-order valence-electron chi connectivity index (χ3n) is 5.20. The van der Waals surface area contributed by atoms with E-state index in [0.717, 1.165) is 37.7 Å². The molecule has 2 aromatic carbocycles. The Balaban J connectivity index is 1.60. The van der Waals surface area contributed by atoms with E-state index < -0.39 is 11.8 Å². The topological polar surface area (TPSA) is 87.3 Å². The van der Waals surface area contributed by atoms with Gasteiger partial charge in [0.2, 0.25) is 0 Å². The van der Waals surface area contributed by atoms with Gasteiger partial charge in [-0.15, -0.1) is 0 Å². The molecular weight excluding hydrogens is 366 g/mol. The van der Waals surface area contributed by atoms with Crippen LogP contribution in [0.3, 0.4) is 0 Å². The maximum atomic E-state index is 12.6. The van der Waals surface area contributed by atoms with Crippen molar-refractivity contribution in [3.05, 3.63) is 65.2 Å². The van der Waals surface area contributed by atoms with Gasteiger partial charge in [0.15, 0.2) is 0 Å². The lowest BCUT2D eigenvalue weighted by Crippen LogP contribution is -2.40. The standard InChI is InChI=1S/C23H27N3O3/c1-2-16-11-13-17(14-12-16)15-24-21(27)19-9-5-6-10-20(19)26-23(29)22(28)25-18-7-3-4-8-18/h5-6,9-14,18H,2-4,7-8,15H2,1H3,(H,24,27)(H,25,28)(H,26,29). The zero-order valence-electron chi connectivity index (χ0n) is 16.7. The summed E-state index contributed by atoms with van der Waals surface area (Å²) < 4.78 is 0. The molecule has 1 fully saturated rings. The van der Waals surface area contributed by atoms with Crippen molar-refractivity contribution in [1.29, 1.82) is 0 Å². The summed E-state index contributed by atoms with van der Waals surface area (Å²) in [5, 5.41) is 8.18. The van der Waals surface area contributed by atoms with Crippen LogP contribution in [0.4, 0.5) is 5.69 Å². The van der Waals surface area contributed by atoms with Gasteiger partial charge in [0.1, 0.15) is 0 Å². The minimum Gasteiger partial charge on any atom is -0.348 e. The maximum absolute atomic E-state index is 12.6. The second-order valence-electron chi connectivity index (χ2n) is 7.31. The Morgan fingerprint density at radius 2 is 1.55 bits per heavy atom.